The molecule has 0 radical (unpaired) electrons. The van der Waals surface area contributed by atoms with Crippen molar-refractivity contribution in [2.75, 3.05) is 40.9 Å². The minimum absolute atomic E-state index is 0.0406. The highest BCUT2D eigenvalue weighted by Gasteiger charge is 2.27. The van der Waals surface area contributed by atoms with Gasteiger partial charge in [-0.1, -0.05) is 245 Å². The van der Waals surface area contributed by atoms with E-state index in [4.69, 9.17) is 13.8 Å². The molecule has 0 saturated carbocycles. The van der Waals surface area contributed by atoms with Crippen LogP contribution >= 0.6 is 7.82 Å². The van der Waals surface area contributed by atoms with Crippen molar-refractivity contribution in [3.05, 3.63) is 134 Å². The second kappa shape index (κ2) is 59.3. The number of rotatable bonds is 57. The Morgan fingerprint density at radius 1 is 0.444 bits per heavy atom. The summed E-state index contributed by atoms with van der Waals surface area (Å²) < 4.78 is 30.3. The van der Waals surface area contributed by atoms with Crippen molar-refractivity contribution in [3.63, 3.8) is 0 Å². The molecule has 0 aliphatic heterocycles. The molecule has 9 nitrogen and oxygen atoms in total. The van der Waals surface area contributed by atoms with Gasteiger partial charge in [-0.25, -0.2) is 0 Å². The summed E-state index contributed by atoms with van der Waals surface area (Å²) in [4.78, 5) is 40.1. The maximum absolute atomic E-state index is 13.6. The van der Waals surface area contributed by atoms with E-state index in [1.807, 2.05) is 33.3 Å². The van der Waals surface area contributed by atoms with Gasteiger partial charge in [-0.05, 0) is 128 Å². The van der Waals surface area contributed by atoms with E-state index in [0.29, 0.717) is 23.9 Å². The summed E-state index contributed by atoms with van der Waals surface area (Å²) in [7, 11) is 1.13. The number of phosphoric ester groups is 1. The Balaban J connectivity index is 5.37. The number of esters is 1. The first-order chi connectivity index (χ1) is 39.4. The van der Waals surface area contributed by atoms with Crippen LogP contribution in [0.4, 0.5) is 0 Å². The van der Waals surface area contributed by atoms with E-state index in [1.54, 1.807) is 0 Å². The summed E-state index contributed by atoms with van der Waals surface area (Å²) in [6, 6.07) is -0.927. The smallest absolute Gasteiger partial charge is 0.306 e. The zero-order chi connectivity index (χ0) is 59.3. The van der Waals surface area contributed by atoms with Gasteiger partial charge >= 0.3 is 5.97 Å². The highest BCUT2D eigenvalue weighted by Crippen LogP contribution is 2.38. The summed E-state index contributed by atoms with van der Waals surface area (Å²) >= 11 is 0. The third-order valence-electron chi connectivity index (χ3n) is 13.6. The molecule has 0 aromatic heterocycles. The first-order valence-electron chi connectivity index (χ1n) is 32.5. The number of quaternary nitrogens is 1. The van der Waals surface area contributed by atoms with Crippen molar-refractivity contribution in [2.24, 2.45) is 0 Å². The van der Waals surface area contributed by atoms with Crippen molar-refractivity contribution in [3.8, 4) is 0 Å². The first kappa shape index (κ1) is 77.2. The average Bonchev–Trinajstić information content (AvgIpc) is 3.44. The molecular formula is C71H121N2O7P. The van der Waals surface area contributed by atoms with Crippen LogP contribution in [0.25, 0.3) is 0 Å². The fraction of sp³-hybridized carbons (Fsp3) is 0.662. The first-order valence-corrected chi connectivity index (χ1v) is 34.0. The van der Waals surface area contributed by atoms with Gasteiger partial charge < -0.3 is 28.5 Å². The molecule has 10 heteroatoms. The second-order valence-corrected chi connectivity index (χ2v) is 23.9. The van der Waals surface area contributed by atoms with Gasteiger partial charge in [-0.2, -0.15) is 0 Å². The standard InChI is InChI=1S/C71H121N2O7P/c1-7-10-13-16-19-22-25-28-30-32-34-35-36-37-39-41-43-46-49-52-55-58-61-64-71(75)80-69(62-59-56-53-50-47-44-27-24-21-18-15-12-9-3)68(67-79-81(76,77)78-66-65-73(4,5)6)72-70(74)63-60-57-54-51-48-45-42-40-38-33-31-29-26-23-20-17-14-11-8-2/h10,13,19-20,22-23,28-31,34-35,37-40,43,45-46,48,59,62,68-69H,7-9,11-12,14-18,21,24-27,32-33,36,41-42,44,47,49-58,60-61,63-67H2,1-6H3,(H-,72,74,76,77)/b13-10-,22-19-,23-20-,30-28-,31-29-,35-34-,39-37-,40-38-,46-43-,48-45-,62-59+. The van der Waals surface area contributed by atoms with E-state index in [-0.39, 0.29) is 31.3 Å². The lowest BCUT2D eigenvalue weighted by atomic mass is 10.0. The molecule has 462 valence electrons. The Morgan fingerprint density at radius 3 is 1.22 bits per heavy atom. The van der Waals surface area contributed by atoms with Crippen LogP contribution in [0.5, 0.6) is 0 Å². The molecule has 0 aliphatic rings. The Hall–Kier alpha value is -3.85. The average molecular weight is 1150 g/mol. The Bertz CT molecular complexity index is 1850. The lowest BCUT2D eigenvalue weighted by molar-refractivity contribution is -0.870. The fourth-order valence-electron chi connectivity index (χ4n) is 8.57. The number of carbonyl (C=O) groups excluding carboxylic acids is 2. The summed E-state index contributed by atoms with van der Waals surface area (Å²) in [6.45, 7) is 6.65. The molecule has 3 atom stereocenters. The van der Waals surface area contributed by atoms with Gasteiger partial charge in [0.15, 0.2) is 0 Å². The number of carbonyl (C=O) groups is 2. The van der Waals surface area contributed by atoms with Gasteiger partial charge in [0.1, 0.15) is 19.3 Å². The van der Waals surface area contributed by atoms with Crippen molar-refractivity contribution in [1.29, 1.82) is 0 Å². The number of ether oxygens (including phenoxy) is 1. The zero-order valence-corrected chi connectivity index (χ0v) is 53.6. The lowest BCUT2D eigenvalue weighted by Gasteiger charge is -2.30. The maximum Gasteiger partial charge on any atom is 0.306 e. The number of nitrogens with one attached hydrogen (secondary N) is 1. The summed E-state index contributed by atoms with van der Waals surface area (Å²) in [5.41, 5.74) is 0. The van der Waals surface area contributed by atoms with Crippen LogP contribution in [0.2, 0.25) is 0 Å². The predicted molar refractivity (Wildman–Crippen MR) is 348 cm³/mol. The minimum atomic E-state index is -4.73. The third-order valence-corrected chi connectivity index (χ3v) is 14.5. The monoisotopic (exact) mass is 1140 g/mol. The molecule has 3 unspecified atom stereocenters. The van der Waals surface area contributed by atoms with Crippen molar-refractivity contribution in [2.45, 2.75) is 264 Å². The zero-order valence-electron chi connectivity index (χ0n) is 52.7. The Kier molecular flexibility index (Phi) is 56.5. The molecule has 0 heterocycles. The van der Waals surface area contributed by atoms with E-state index >= 15 is 0 Å². The van der Waals surface area contributed by atoms with E-state index < -0.39 is 26.6 Å². The van der Waals surface area contributed by atoms with Crippen LogP contribution in [0.15, 0.2) is 134 Å². The van der Waals surface area contributed by atoms with Gasteiger partial charge in [-0.15, -0.1) is 0 Å². The van der Waals surface area contributed by atoms with Gasteiger partial charge in [-0.3, -0.25) is 14.2 Å². The largest absolute Gasteiger partial charge is 0.756 e. The topological polar surface area (TPSA) is 114 Å². The van der Waals surface area contributed by atoms with Gasteiger partial charge in [0.2, 0.25) is 5.91 Å². The number of nitrogens with zero attached hydrogens (tertiary/aromatic N) is 1. The van der Waals surface area contributed by atoms with Gasteiger partial charge in [0.05, 0.1) is 33.8 Å². The van der Waals surface area contributed by atoms with Gasteiger partial charge in [0.25, 0.3) is 7.82 Å². The maximum atomic E-state index is 13.6. The number of unbranched alkanes of at least 4 members (excludes halogenated alkanes) is 21. The van der Waals surface area contributed by atoms with Crippen LogP contribution in [0.1, 0.15) is 252 Å². The van der Waals surface area contributed by atoms with E-state index in [2.05, 4.69) is 148 Å². The molecule has 81 heavy (non-hydrogen) atoms. The van der Waals surface area contributed by atoms with Crippen molar-refractivity contribution < 1.29 is 37.3 Å². The third kappa shape index (κ3) is 60.6. The highest BCUT2D eigenvalue weighted by molar-refractivity contribution is 7.45. The van der Waals surface area contributed by atoms with Crippen molar-refractivity contribution in [1.82, 2.24) is 5.32 Å². The Labute approximate surface area is 498 Å². The normalized spacial score (nSPS) is 14.5. The highest BCUT2D eigenvalue weighted by atomic mass is 31.2. The fourth-order valence-corrected chi connectivity index (χ4v) is 9.29. The number of hydrogen-bond acceptors (Lipinski definition) is 7. The molecule has 1 amide bonds. The van der Waals surface area contributed by atoms with Crippen LogP contribution in [-0.4, -0.2) is 69.4 Å². The molecule has 0 bridgehead atoms. The quantitative estimate of drug-likeness (QED) is 0.0212. The summed E-state index contributed by atoms with van der Waals surface area (Å²) in [5.74, 6) is -0.614. The molecule has 1 N–H and O–H groups in total. The van der Waals surface area contributed by atoms with Crippen LogP contribution in [-0.2, 0) is 27.9 Å². The number of likely N-dealkylation sites (N-methyl/N-ethyl adjacent to an activating group) is 1. The Morgan fingerprint density at radius 2 is 0.790 bits per heavy atom. The minimum Gasteiger partial charge on any atom is -0.756 e. The molecule has 0 saturated heterocycles. The molecular weight excluding hydrogens is 1020 g/mol. The van der Waals surface area contributed by atoms with Crippen LogP contribution in [0, 0.1) is 0 Å². The second-order valence-electron chi connectivity index (χ2n) is 22.5. The number of hydrogen-bond donors (Lipinski definition) is 1. The van der Waals surface area contributed by atoms with E-state index in [0.717, 1.165) is 122 Å². The number of allylic oxidation sites excluding steroid dienone is 21. The number of amides is 1. The predicted octanol–water partition coefficient (Wildman–Crippen LogP) is 19.8. The van der Waals surface area contributed by atoms with E-state index in [1.165, 1.54) is 83.5 Å². The lowest BCUT2D eigenvalue weighted by Crippen LogP contribution is -2.47. The summed E-state index contributed by atoms with van der Waals surface area (Å²) in [5, 5.41) is 3.01. The van der Waals surface area contributed by atoms with Crippen LogP contribution in [0.3, 0.4) is 0 Å². The molecule has 0 aliphatic carbocycles. The molecule has 0 rings (SSSR count). The van der Waals surface area contributed by atoms with Gasteiger partial charge in [0, 0.05) is 12.8 Å². The van der Waals surface area contributed by atoms with Crippen molar-refractivity contribution >= 4 is 19.7 Å². The molecule has 0 fully saturated rings. The van der Waals surface area contributed by atoms with Crippen LogP contribution < -0.4 is 10.2 Å². The SMILES string of the molecule is CC/C=C\C/C=C\C/C=C\C/C=C\C/C=C\C/C=C\CCCCCCC(=O)OC(/C=C/CCCCCCCCCCCCC)C(COP(=O)([O-])OCC[N+](C)(C)C)NC(=O)CCCCC/C=C\C/C=C\C/C=C\C/C=C\CCCCC. The molecule has 0 aromatic rings. The molecule has 0 aromatic carbocycles. The summed E-state index contributed by atoms with van der Waals surface area (Å²) in [6.07, 6.45) is 84.2. The molecule has 0 spiro atoms. The number of phosphoric acid groups is 1. The van der Waals surface area contributed by atoms with E-state index in [9.17, 15) is 19.0 Å².